The average Bonchev–Trinajstić information content (AvgIpc) is 2.12. The summed E-state index contributed by atoms with van der Waals surface area (Å²) in [6.07, 6.45) is 3.10. The van der Waals surface area contributed by atoms with E-state index in [0.29, 0.717) is 5.75 Å². The molecule has 1 aliphatic rings. The van der Waals surface area contributed by atoms with Crippen molar-refractivity contribution in [3.63, 3.8) is 0 Å². The normalized spacial score (nSPS) is 17.5. The van der Waals surface area contributed by atoms with Gasteiger partial charge in [-0.05, 0) is 6.20 Å². The third kappa shape index (κ3) is 1.15. The van der Waals surface area contributed by atoms with Gasteiger partial charge in [0.1, 0.15) is 0 Å². The van der Waals surface area contributed by atoms with Crippen molar-refractivity contribution in [1.29, 1.82) is 0 Å². The lowest BCUT2D eigenvalue weighted by atomic mass is 10.2. The van der Waals surface area contributed by atoms with Gasteiger partial charge in [-0.15, -0.1) is 0 Å². The van der Waals surface area contributed by atoms with Crippen molar-refractivity contribution >= 4 is 19.3 Å². The first-order valence-corrected chi connectivity index (χ1v) is 3.11. The maximum Gasteiger partial charge on any atom is 0.683 e. The maximum atomic E-state index is 11.6. The molecular weight excluding hydrogens is 131 g/mol. The summed E-state index contributed by atoms with van der Waals surface area (Å²) in [6.45, 7) is 0. The van der Waals surface area contributed by atoms with Crippen molar-refractivity contribution in [2.24, 2.45) is 0 Å². The van der Waals surface area contributed by atoms with Crippen LogP contribution >= 0.6 is 11.9 Å². The van der Waals surface area contributed by atoms with E-state index in [-0.39, 0.29) is 0 Å². The Morgan fingerprint density at radius 3 is 2.62 bits per heavy atom. The summed E-state index contributed by atoms with van der Waals surface area (Å²) < 4.78 is 24.1. The topological polar surface area (TPSA) is 3.24 Å². The van der Waals surface area contributed by atoms with Crippen LogP contribution in [0.15, 0.2) is 12.3 Å². The van der Waals surface area contributed by atoms with Gasteiger partial charge in [0.05, 0.1) is 0 Å². The number of halogens is 2. The van der Waals surface area contributed by atoms with Crippen LogP contribution in [0, 0.1) is 0 Å². The van der Waals surface area contributed by atoms with E-state index >= 15 is 0 Å². The zero-order valence-corrected chi connectivity index (χ0v) is 4.87. The number of rotatable bonds is 1. The van der Waals surface area contributed by atoms with Gasteiger partial charge in [0.25, 0.3) is 0 Å². The predicted molar refractivity (Wildman–Crippen MR) is 31.4 cm³/mol. The summed E-state index contributed by atoms with van der Waals surface area (Å²) in [4.78, 5) is 0. The first kappa shape index (κ1) is 5.94. The van der Waals surface area contributed by atoms with Gasteiger partial charge in [-0.1, -0.05) is 18.0 Å². The Hall–Kier alpha value is -0.185. The zero-order chi connectivity index (χ0) is 5.98. The highest BCUT2D eigenvalue weighted by Gasteiger charge is 2.24. The van der Waals surface area contributed by atoms with Gasteiger partial charge in [0.2, 0.25) is 0 Å². The van der Waals surface area contributed by atoms with E-state index in [4.69, 9.17) is 0 Å². The molecule has 0 spiro atoms. The third-order valence-electron chi connectivity index (χ3n) is 0.765. The van der Waals surface area contributed by atoms with Crippen molar-refractivity contribution in [2.75, 3.05) is 5.75 Å². The Labute approximate surface area is 51.1 Å². The van der Waals surface area contributed by atoms with Gasteiger partial charge in [-0.3, -0.25) is 8.63 Å². The molecule has 0 aliphatic carbocycles. The summed E-state index contributed by atoms with van der Waals surface area (Å²) in [7, 11) is -2.35. The molecule has 0 atom stereocenters. The fourth-order valence-electron chi connectivity index (χ4n) is 0.440. The SMILES string of the molecule is FB(F)N1C=CCS1. The minimum atomic E-state index is -2.35. The molecule has 8 heavy (non-hydrogen) atoms. The Balaban J connectivity index is 2.36. The summed E-state index contributed by atoms with van der Waals surface area (Å²) >= 11 is 1.12. The summed E-state index contributed by atoms with van der Waals surface area (Å²) in [6, 6.07) is 0. The van der Waals surface area contributed by atoms with Crippen LogP contribution in [0.4, 0.5) is 8.63 Å². The standard InChI is InChI=1S/C3H4BF2NS/c5-4(6)7-2-1-3-8-7/h1-2H,3H2. The third-order valence-corrected chi connectivity index (χ3v) is 1.69. The van der Waals surface area contributed by atoms with Crippen LogP contribution in [0.2, 0.25) is 0 Å². The van der Waals surface area contributed by atoms with E-state index in [9.17, 15) is 8.63 Å². The van der Waals surface area contributed by atoms with Crippen molar-refractivity contribution in [1.82, 2.24) is 4.22 Å². The lowest BCUT2D eigenvalue weighted by Gasteiger charge is -2.06. The van der Waals surface area contributed by atoms with E-state index in [1.807, 2.05) is 0 Å². The van der Waals surface area contributed by atoms with Crippen molar-refractivity contribution in [3.8, 4) is 0 Å². The van der Waals surface area contributed by atoms with Crippen molar-refractivity contribution in [2.45, 2.75) is 0 Å². The molecule has 0 N–H and O–H groups in total. The van der Waals surface area contributed by atoms with Gasteiger partial charge < -0.3 is 4.22 Å². The molecule has 1 rings (SSSR count). The van der Waals surface area contributed by atoms with Gasteiger partial charge in [0, 0.05) is 5.75 Å². The highest BCUT2D eigenvalue weighted by molar-refractivity contribution is 7.98. The average molecular weight is 135 g/mol. The molecule has 0 aromatic heterocycles. The molecule has 0 fully saturated rings. The number of nitrogens with zero attached hydrogens (tertiary/aromatic N) is 1. The summed E-state index contributed by atoms with van der Waals surface area (Å²) in [5.41, 5.74) is 0. The minimum absolute atomic E-state index is 0.671. The van der Waals surface area contributed by atoms with Gasteiger partial charge in [-0.25, -0.2) is 0 Å². The molecular formula is C3H4BF2NS. The molecule has 1 nitrogen and oxygen atoms in total. The molecule has 0 aromatic carbocycles. The van der Waals surface area contributed by atoms with Gasteiger partial charge in [0.15, 0.2) is 0 Å². The number of hydrogen-bond acceptors (Lipinski definition) is 2. The second-order valence-electron chi connectivity index (χ2n) is 1.32. The molecule has 0 saturated heterocycles. The van der Waals surface area contributed by atoms with E-state index in [1.54, 1.807) is 6.08 Å². The van der Waals surface area contributed by atoms with Crippen LogP contribution in [0.25, 0.3) is 0 Å². The van der Waals surface area contributed by atoms with E-state index in [2.05, 4.69) is 0 Å². The van der Waals surface area contributed by atoms with Crippen LogP contribution in [0.1, 0.15) is 0 Å². The Morgan fingerprint density at radius 2 is 2.38 bits per heavy atom. The van der Waals surface area contributed by atoms with Crippen molar-refractivity contribution in [3.05, 3.63) is 12.3 Å². The zero-order valence-electron chi connectivity index (χ0n) is 4.05. The smallest absolute Gasteiger partial charge is 0.306 e. The van der Waals surface area contributed by atoms with Gasteiger partial charge in [-0.2, -0.15) is 0 Å². The minimum Gasteiger partial charge on any atom is -0.306 e. The maximum absolute atomic E-state index is 11.6. The first-order chi connectivity index (χ1) is 3.80. The quantitative estimate of drug-likeness (QED) is 0.394. The summed E-state index contributed by atoms with van der Waals surface area (Å²) in [5.74, 6) is 0.671. The Bertz CT molecular complexity index is 107. The monoisotopic (exact) mass is 135 g/mol. The van der Waals surface area contributed by atoms with Crippen LogP contribution < -0.4 is 0 Å². The molecule has 1 aliphatic heterocycles. The second-order valence-corrected chi connectivity index (χ2v) is 2.33. The van der Waals surface area contributed by atoms with Crippen LogP contribution in [0.3, 0.4) is 0 Å². The number of hydrogen-bond donors (Lipinski definition) is 0. The Kier molecular flexibility index (Phi) is 1.78. The van der Waals surface area contributed by atoms with E-state index < -0.39 is 7.40 Å². The molecule has 0 radical (unpaired) electrons. The molecule has 0 saturated carbocycles. The van der Waals surface area contributed by atoms with E-state index in [1.165, 1.54) is 6.20 Å². The lowest BCUT2D eigenvalue weighted by Crippen LogP contribution is -2.17. The molecule has 44 valence electrons. The van der Waals surface area contributed by atoms with Crippen LogP contribution in [0.5, 0.6) is 0 Å². The molecule has 1 heterocycles. The van der Waals surface area contributed by atoms with Crippen LogP contribution in [-0.4, -0.2) is 17.4 Å². The molecule has 5 heteroatoms. The van der Waals surface area contributed by atoms with Crippen molar-refractivity contribution < 1.29 is 8.63 Å². The Morgan fingerprint density at radius 1 is 1.62 bits per heavy atom. The van der Waals surface area contributed by atoms with Crippen LogP contribution in [-0.2, 0) is 0 Å². The predicted octanol–water partition coefficient (Wildman–Crippen LogP) is 1.39. The molecule has 0 unspecified atom stereocenters. The molecule has 0 amide bonds. The highest BCUT2D eigenvalue weighted by atomic mass is 32.2. The lowest BCUT2D eigenvalue weighted by molar-refractivity contribution is 0.587. The van der Waals surface area contributed by atoms with Gasteiger partial charge >= 0.3 is 7.40 Å². The largest absolute Gasteiger partial charge is 0.683 e. The molecule has 0 aromatic rings. The second kappa shape index (κ2) is 2.39. The molecule has 0 bridgehead atoms. The highest BCUT2D eigenvalue weighted by Crippen LogP contribution is 2.19. The summed E-state index contributed by atoms with van der Waals surface area (Å²) in [5, 5.41) is 0. The fraction of sp³-hybridized carbons (Fsp3) is 0.333. The first-order valence-electron chi connectivity index (χ1n) is 2.17. The fourth-order valence-corrected chi connectivity index (χ4v) is 1.07. The van der Waals surface area contributed by atoms with E-state index in [0.717, 1.165) is 16.2 Å².